The Morgan fingerprint density at radius 1 is 1.21 bits per heavy atom. The largest absolute Gasteiger partial charge is 0.497 e. The van der Waals surface area contributed by atoms with Gasteiger partial charge in [-0.1, -0.05) is 0 Å². The Hall–Kier alpha value is -2.82. The summed E-state index contributed by atoms with van der Waals surface area (Å²) in [5, 5.41) is 9.85. The van der Waals surface area contributed by atoms with Crippen LogP contribution in [0.4, 0.5) is 5.69 Å². The highest BCUT2D eigenvalue weighted by Gasteiger charge is 2.46. The van der Waals surface area contributed by atoms with E-state index in [2.05, 4.69) is 4.72 Å². The van der Waals surface area contributed by atoms with Gasteiger partial charge in [0, 0.05) is 31.3 Å². The van der Waals surface area contributed by atoms with E-state index >= 15 is 0 Å². The highest BCUT2D eigenvalue weighted by atomic mass is 32.2. The molecule has 0 radical (unpaired) electrons. The molecule has 2 heterocycles. The molecule has 2 N–H and O–H groups in total. The van der Waals surface area contributed by atoms with Crippen LogP contribution in [-0.4, -0.2) is 70.5 Å². The Morgan fingerprint density at radius 2 is 1.94 bits per heavy atom. The molecule has 0 aromatic heterocycles. The number of carbonyl (C=O) groups excluding carboxylic acids is 1. The Balaban J connectivity index is 1.56. The van der Waals surface area contributed by atoms with Crippen molar-refractivity contribution in [3.63, 3.8) is 0 Å². The second-order valence-corrected chi connectivity index (χ2v) is 10.1. The van der Waals surface area contributed by atoms with E-state index in [-0.39, 0.29) is 35.9 Å². The topological polar surface area (TPSA) is 114 Å². The molecule has 4 rings (SSSR count). The zero-order valence-corrected chi connectivity index (χ0v) is 19.5. The van der Waals surface area contributed by atoms with Gasteiger partial charge < -0.3 is 24.2 Å². The van der Waals surface area contributed by atoms with Crippen LogP contribution in [0.5, 0.6) is 11.5 Å². The quantitative estimate of drug-likeness (QED) is 0.628. The Bertz CT molecular complexity index is 1120. The van der Waals surface area contributed by atoms with Crippen molar-refractivity contribution in [3.05, 3.63) is 48.0 Å². The minimum Gasteiger partial charge on any atom is -0.497 e. The summed E-state index contributed by atoms with van der Waals surface area (Å²) in [6.07, 6.45) is -0.610. The lowest BCUT2D eigenvalue weighted by Gasteiger charge is -2.37. The SMILES string of the molecule is COc1ccc(S(=O)(=O)Nc2ccc3c(c2)[C@@H]2C[C@H](CC(=O)N(C)C)O[C@@H](CO)[C@@H]2O3)cc1. The summed E-state index contributed by atoms with van der Waals surface area (Å²) in [7, 11) is 1.09. The molecule has 4 atom stereocenters. The number of nitrogens with zero attached hydrogens (tertiary/aromatic N) is 1. The highest BCUT2D eigenvalue weighted by molar-refractivity contribution is 7.92. The first-order chi connectivity index (χ1) is 15.7. The Kier molecular flexibility index (Phi) is 6.51. The molecule has 9 nitrogen and oxygen atoms in total. The third-order valence-corrected chi connectivity index (χ3v) is 7.42. The van der Waals surface area contributed by atoms with Crippen LogP contribution in [0.3, 0.4) is 0 Å². The highest BCUT2D eigenvalue weighted by Crippen LogP contribution is 2.47. The molecule has 178 valence electrons. The van der Waals surface area contributed by atoms with E-state index in [1.165, 1.54) is 24.1 Å². The molecule has 0 bridgehead atoms. The molecule has 33 heavy (non-hydrogen) atoms. The maximum atomic E-state index is 12.8. The number of carbonyl (C=O) groups is 1. The molecule has 1 saturated heterocycles. The van der Waals surface area contributed by atoms with Gasteiger partial charge in [-0.15, -0.1) is 0 Å². The van der Waals surface area contributed by atoms with Gasteiger partial charge in [-0.25, -0.2) is 8.42 Å². The van der Waals surface area contributed by atoms with Crippen molar-refractivity contribution >= 4 is 21.6 Å². The minimum absolute atomic E-state index is 0.0599. The van der Waals surface area contributed by atoms with Crippen LogP contribution in [0.15, 0.2) is 47.4 Å². The number of nitrogens with one attached hydrogen (secondary N) is 1. The van der Waals surface area contributed by atoms with E-state index in [1.54, 1.807) is 44.4 Å². The first kappa shape index (κ1) is 23.3. The molecular formula is C23H28N2O7S. The zero-order valence-electron chi connectivity index (χ0n) is 18.7. The molecule has 0 unspecified atom stereocenters. The number of fused-ring (bicyclic) bond motifs is 3. The van der Waals surface area contributed by atoms with Crippen molar-refractivity contribution < 1.29 is 32.5 Å². The smallest absolute Gasteiger partial charge is 0.261 e. The molecule has 2 aromatic carbocycles. The number of benzene rings is 2. The van der Waals surface area contributed by atoms with Gasteiger partial charge in [0.05, 0.1) is 31.1 Å². The van der Waals surface area contributed by atoms with Crippen LogP contribution in [-0.2, 0) is 19.6 Å². The van der Waals surface area contributed by atoms with Gasteiger partial charge in [-0.2, -0.15) is 0 Å². The van der Waals surface area contributed by atoms with E-state index in [4.69, 9.17) is 14.2 Å². The number of rotatable bonds is 7. The molecule has 2 aromatic rings. The van der Waals surface area contributed by atoms with Crippen LogP contribution in [0.2, 0.25) is 0 Å². The molecule has 10 heteroatoms. The number of aliphatic hydroxyl groups excluding tert-OH is 1. The number of amides is 1. The molecule has 0 aliphatic carbocycles. The standard InChI is InChI=1S/C23H28N2O7S/c1-25(2)22(27)12-16-11-19-18-10-14(4-9-20(18)32-23(19)21(13-26)31-16)24-33(28,29)17-7-5-15(30-3)6-8-17/h4-10,16,19,21,23-24,26H,11-13H2,1-3H3/t16-,19+,21+,23-/m1/s1. The fourth-order valence-corrected chi connectivity index (χ4v) is 5.35. The molecule has 0 spiro atoms. The van der Waals surface area contributed by atoms with Crippen molar-refractivity contribution in [3.8, 4) is 11.5 Å². The minimum atomic E-state index is -3.80. The predicted molar refractivity (Wildman–Crippen MR) is 121 cm³/mol. The lowest BCUT2D eigenvalue weighted by molar-refractivity contribution is -0.147. The van der Waals surface area contributed by atoms with Crippen LogP contribution < -0.4 is 14.2 Å². The summed E-state index contributed by atoms with van der Waals surface area (Å²) >= 11 is 0. The van der Waals surface area contributed by atoms with Gasteiger partial charge in [0.1, 0.15) is 23.7 Å². The summed E-state index contributed by atoms with van der Waals surface area (Å²) in [5.41, 5.74) is 1.24. The van der Waals surface area contributed by atoms with Crippen molar-refractivity contribution in [1.82, 2.24) is 4.90 Å². The lowest BCUT2D eigenvalue weighted by Crippen LogP contribution is -2.47. The van der Waals surface area contributed by atoms with Crippen LogP contribution in [0.25, 0.3) is 0 Å². The summed E-state index contributed by atoms with van der Waals surface area (Å²) in [6, 6.07) is 11.2. The maximum absolute atomic E-state index is 12.8. The first-order valence-electron chi connectivity index (χ1n) is 10.7. The fourth-order valence-electron chi connectivity index (χ4n) is 4.30. The van der Waals surface area contributed by atoms with E-state index in [1.807, 2.05) is 0 Å². The Labute approximate surface area is 193 Å². The van der Waals surface area contributed by atoms with E-state index in [0.29, 0.717) is 23.6 Å². The van der Waals surface area contributed by atoms with Gasteiger partial charge in [0.2, 0.25) is 5.91 Å². The summed E-state index contributed by atoms with van der Waals surface area (Å²) in [6.45, 7) is -0.237. The van der Waals surface area contributed by atoms with Gasteiger partial charge in [-0.05, 0) is 48.9 Å². The van der Waals surface area contributed by atoms with Gasteiger partial charge >= 0.3 is 0 Å². The molecule has 1 fully saturated rings. The summed E-state index contributed by atoms with van der Waals surface area (Å²) in [4.78, 5) is 13.8. The number of methoxy groups -OCH3 is 1. The van der Waals surface area contributed by atoms with Gasteiger partial charge in [0.25, 0.3) is 10.0 Å². The van der Waals surface area contributed by atoms with Gasteiger partial charge in [0.15, 0.2) is 0 Å². The normalized spacial score (nSPS) is 23.8. The van der Waals surface area contributed by atoms with Crippen LogP contribution >= 0.6 is 0 Å². The van der Waals surface area contributed by atoms with Crippen molar-refractivity contribution in [1.29, 1.82) is 0 Å². The van der Waals surface area contributed by atoms with E-state index in [0.717, 1.165) is 5.56 Å². The molecular weight excluding hydrogens is 448 g/mol. The van der Waals surface area contributed by atoms with Crippen molar-refractivity contribution in [2.24, 2.45) is 0 Å². The number of hydrogen-bond acceptors (Lipinski definition) is 7. The second kappa shape index (κ2) is 9.20. The number of sulfonamides is 1. The molecule has 1 amide bonds. The Morgan fingerprint density at radius 3 is 2.58 bits per heavy atom. The van der Waals surface area contributed by atoms with E-state index < -0.39 is 22.2 Å². The number of hydrogen-bond donors (Lipinski definition) is 2. The zero-order chi connectivity index (χ0) is 23.8. The second-order valence-electron chi connectivity index (χ2n) is 8.43. The molecule has 2 aliphatic rings. The van der Waals surface area contributed by atoms with E-state index in [9.17, 15) is 18.3 Å². The molecule has 0 saturated carbocycles. The monoisotopic (exact) mass is 476 g/mol. The van der Waals surface area contributed by atoms with Crippen LogP contribution in [0.1, 0.15) is 24.3 Å². The first-order valence-corrected chi connectivity index (χ1v) is 12.1. The fraction of sp³-hybridized carbons (Fsp3) is 0.435. The number of ether oxygens (including phenoxy) is 3. The number of aliphatic hydroxyl groups is 1. The average molecular weight is 477 g/mol. The summed E-state index contributed by atoms with van der Waals surface area (Å²) < 4.78 is 45.4. The predicted octanol–water partition coefficient (Wildman–Crippen LogP) is 1.97. The number of anilines is 1. The average Bonchev–Trinajstić information content (AvgIpc) is 3.16. The third kappa shape index (κ3) is 4.78. The molecule has 2 aliphatic heterocycles. The van der Waals surface area contributed by atoms with Crippen molar-refractivity contribution in [2.45, 2.75) is 42.0 Å². The van der Waals surface area contributed by atoms with Crippen molar-refractivity contribution in [2.75, 3.05) is 32.5 Å². The third-order valence-electron chi connectivity index (χ3n) is 6.02. The maximum Gasteiger partial charge on any atom is 0.261 e. The summed E-state index contributed by atoms with van der Waals surface area (Å²) in [5.74, 6) is 1.00. The van der Waals surface area contributed by atoms with Crippen LogP contribution in [0, 0.1) is 0 Å². The lowest BCUT2D eigenvalue weighted by atomic mass is 9.84. The van der Waals surface area contributed by atoms with Gasteiger partial charge in [-0.3, -0.25) is 9.52 Å².